The monoisotopic (exact) mass is 269 g/mol. The minimum atomic E-state index is -0.593. The predicted octanol–water partition coefficient (Wildman–Crippen LogP) is 2.77. The fourth-order valence-corrected chi connectivity index (χ4v) is 2.26. The smallest absolute Gasteiger partial charge is 0.125 e. The zero-order chi connectivity index (χ0) is 13.0. The summed E-state index contributed by atoms with van der Waals surface area (Å²) in [5.41, 5.74) is 0.760. The van der Waals surface area contributed by atoms with Gasteiger partial charge in [0.25, 0.3) is 0 Å². The summed E-state index contributed by atoms with van der Waals surface area (Å²) in [5.74, 6) is 1.42. The van der Waals surface area contributed by atoms with Gasteiger partial charge in [-0.2, -0.15) is 0 Å². The Morgan fingerprint density at radius 3 is 2.89 bits per heavy atom. The normalized spacial score (nSPS) is 17.3. The number of rotatable bonds is 6. The largest absolute Gasteiger partial charge is 0.493 e. The van der Waals surface area contributed by atoms with Crippen LogP contribution in [0, 0.1) is 5.92 Å². The molecule has 1 saturated carbocycles. The number of nitrogens with one attached hydrogen (secondary N) is 1. The molecule has 0 spiro atoms. The molecule has 100 valence electrons. The molecule has 1 aliphatic rings. The van der Waals surface area contributed by atoms with E-state index in [-0.39, 0.29) is 0 Å². The lowest BCUT2D eigenvalue weighted by Gasteiger charge is -2.26. The lowest BCUT2D eigenvalue weighted by molar-refractivity contribution is 0.155. The van der Waals surface area contributed by atoms with E-state index >= 15 is 0 Å². The van der Waals surface area contributed by atoms with Gasteiger partial charge in [0, 0.05) is 17.1 Å². The first kappa shape index (κ1) is 13.7. The van der Waals surface area contributed by atoms with Gasteiger partial charge in [-0.15, -0.1) is 0 Å². The molecular formula is C14H20ClNO2. The highest BCUT2D eigenvalue weighted by Crippen LogP contribution is 2.31. The number of hydrogen-bond donors (Lipinski definition) is 2. The van der Waals surface area contributed by atoms with Crippen LogP contribution in [0.5, 0.6) is 5.75 Å². The molecule has 1 atom stereocenters. The Balaban J connectivity index is 2.06. The molecule has 18 heavy (non-hydrogen) atoms. The summed E-state index contributed by atoms with van der Waals surface area (Å²) in [6.45, 7) is 1.22. The first-order chi connectivity index (χ1) is 8.70. The first-order valence-electron chi connectivity index (χ1n) is 6.45. The minimum absolute atomic E-state index is 0.486. The molecule has 4 heteroatoms. The molecule has 1 aromatic rings. The molecule has 0 amide bonds. The number of aliphatic hydroxyl groups excluding tert-OH is 1. The third kappa shape index (κ3) is 3.37. The van der Waals surface area contributed by atoms with Gasteiger partial charge in [0.05, 0.1) is 12.7 Å². The summed E-state index contributed by atoms with van der Waals surface area (Å²) in [6, 6.07) is 5.42. The average molecular weight is 270 g/mol. The van der Waals surface area contributed by atoms with Gasteiger partial charge in [0.15, 0.2) is 0 Å². The van der Waals surface area contributed by atoms with Crippen molar-refractivity contribution in [2.45, 2.75) is 25.4 Å². The van der Waals surface area contributed by atoms with Crippen LogP contribution in [0.4, 0.5) is 0 Å². The summed E-state index contributed by atoms with van der Waals surface area (Å²) < 4.78 is 5.82. The maximum Gasteiger partial charge on any atom is 0.125 e. The van der Waals surface area contributed by atoms with Gasteiger partial charge in [-0.25, -0.2) is 0 Å². The van der Waals surface area contributed by atoms with E-state index < -0.39 is 6.10 Å². The van der Waals surface area contributed by atoms with Crippen molar-refractivity contribution in [1.82, 2.24) is 5.32 Å². The van der Waals surface area contributed by atoms with E-state index in [2.05, 4.69) is 5.32 Å². The number of halogens is 1. The van der Waals surface area contributed by atoms with Gasteiger partial charge >= 0.3 is 0 Å². The van der Waals surface area contributed by atoms with Gasteiger partial charge in [-0.3, -0.25) is 0 Å². The van der Waals surface area contributed by atoms with Crippen LogP contribution in [0.15, 0.2) is 18.2 Å². The van der Waals surface area contributed by atoms with Gasteiger partial charge in [0.1, 0.15) is 5.75 Å². The third-order valence-electron chi connectivity index (χ3n) is 3.43. The topological polar surface area (TPSA) is 41.5 Å². The fraction of sp³-hybridized carbons (Fsp3) is 0.571. The minimum Gasteiger partial charge on any atom is -0.493 e. The SMILES string of the molecule is CNCC(O)c1cc(Cl)ccc1OCC1CCC1. The maximum atomic E-state index is 10.1. The maximum absolute atomic E-state index is 10.1. The number of aliphatic hydroxyl groups is 1. The molecular weight excluding hydrogens is 250 g/mol. The zero-order valence-electron chi connectivity index (χ0n) is 10.7. The summed E-state index contributed by atoms with van der Waals surface area (Å²) >= 11 is 5.98. The summed E-state index contributed by atoms with van der Waals surface area (Å²) in [4.78, 5) is 0. The molecule has 1 aliphatic carbocycles. The van der Waals surface area contributed by atoms with Crippen LogP contribution in [-0.2, 0) is 0 Å². The van der Waals surface area contributed by atoms with Crippen molar-refractivity contribution in [3.05, 3.63) is 28.8 Å². The predicted molar refractivity (Wildman–Crippen MR) is 73.2 cm³/mol. The molecule has 1 unspecified atom stereocenters. The Kier molecular flexibility index (Phi) is 4.87. The van der Waals surface area contributed by atoms with E-state index in [9.17, 15) is 5.11 Å². The fourth-order valence-electron chi connectivity index (χ4n) is 2.08. The second-order valence-corrected chi connectivity index (χ2v) is 5.30. The van der Waals surface area contributed by atoms with E-state index in [1.54, 1.807) is 12.1 Å². The van der Waals surface area contributed by atoms with Crippen molar-refractivity contribution < 1.29 is 9.84 Å². The second kappa shape index (κ2) is 6.41. The lowest BCUT2D eigenvalue weighted by atomic mass is 9.86. The molecule has 0 saturated heterocycles. The van der Waals surface area contributed by atoms with Gasteiger partial charge in [0.2, 0.25) is 0 Å². The van der Waals surface area contributed by atoms with Crippen LogP contribution >= 0.6 is 11.6 Å². The Labute approximate surface area is 113 Å². The Morgan fingerprint density at radius 1 is 1.50 bits per heavy atom. The van der Waals surface area contributed by atoms with Crippen LogP contribution in [0.2, 0.25) is 5.02 Å². The van der Waals surface area contributed by atoms with Gasteiger partial charge in [-0.05, 0) is 44.0 Å². The van der Waals surface area contributed by atoms with Gasteiger partial charge in [-0.1, -0.05) is 18.0 Å². The molecule has 1 fully saturated rings. The number of benzene rings is 1. The van der Waals surface area contributed by atoms with Crippen LogP contribution in [0.25, 0.3) is 0 Å². The Morgan fingerprint density at radius 2 is 2.28 bits per heavy atom. The molecule has 0 bridgehead atoms. The third-order valence-corrected chi connectivity index (χ3v) is 3.66. The van der Waals surface area contributed by atoms with Crippen molar-refractivity contribution in [2.75, 3.05) is 20.2 Å². The highest BCUT2D eigenvalue weighted by atomic mass is 35.5. The van der Waals surface area contributed by atoms with Crippen molar-refractivity contribution in [3.63, 3.8) is 0 Å². The van der Waals surface area contributed by atoms with Crippen LogP contribution in [-0.4, -0.2) is 25.3 Å². The highest BCUT2D eigenvalue weighted by Gasteiger charge is 2.20. The molecule has 0 radical (unpaired) electrons. The summed E-state index contributed by atoms with van der Waals surface area (Å²) in [5, 5.41) is 13.6. The molecule has 3 nitrogen and oxygen atoms in total. The van der Waals surface area contributed by atoms with Crippen molar-refractivity contribution in [3.8, 4) is 5.75 Å². The van der Waals surface area contributed by atoms with Gasteiger partial charge < -0.3 is 15.2 Å². The van der Waals surface area contributed by atoms with E-state index in [1.165, 1.54) is 19.3 Å². The van der Waals surface area contributed by atoms with Crippen LogP contribution < -0.4 is 10.1 Å². The van der Waals surface area contributed by atoms with Crippen molar-refractivity contribution >= 4 is 11.6 Å². The van der Waals surface area contributed by atoms with Crippen molar-refractivity contribution in [2.24, 2.45) is 5.92 Å². The first-order valence-corrected chi connectivity index (χ1v) is 6.83. The van der Waals surface area contributed by atoms with Crippen LogP contribution in [0.3, 0.4) is 0 Å². The molecule has 0 heterocycles. The molecule has 1 aromatic carbocycles. The highest BCUT2D eigenvalue weighted by molar-refractivity contribution is 6.30. The molecule has 0 aromatic heterocycles. The average Bonchev–Trinajstić information content (AvgIpc) is 2.29. The Hall–Kier alpha value is -0.770. The zero-order valence-corrected chi connectivity index (χ0v) is 11.4. The molecule has 0 aliphatic heterocycles. The summed E-state index contributed by atoms with van der Waals surface area (Å²) in [7, 11) is 1.81. The number of likely N-dealkylation sites (N-methyl/N-ethyl adjacent to an activating group) is 1. The number of hydrogen-bond acceptors (Lipinski definition) is 3. The molecule has 2 rings (SSSR count). The van der Waals surface area contributed by atoms with E-state index in [4.69, 9.17) is 16.3 Å². The summed E-state index contributed by atoms with van der Waals surface area (Å²) in [6.07, 6.45) is 3.22. The van der Waals surface area contributed by atoms with Crippen molar-refractivity contribution in [1.29, 1.82) is 0 Å². The van der Waals surface area contributed by atoms with Crippen LogP contribution in [0.1, 0.15) is 30.9 Å². The lowest BCUT2D eigenvalue weighted by Crippen LogP contribution is -2.21. The Bertz CT molecular complexity index is 393. The van der Waals surface area contributed by atoms with E-state index in [0.717, 1.165) is 17.9 Å². The second-order valence-electron chi connectivity index (χ2n) is 4.86. The van der Waals surface area contributed by atoms with E-state index in [0.29, 0.717) is 17.5 Å². The quantitative estimate of drug-likeness (QED) is 0.834. The number of ether oxygens (including phenoxy) is 1. The molecule has 2 N–H and O–H groups in total. The van der Waals surface area contributed by atoms with E-state index in [1.807, 2.05) is 13.1 Å². The standard InChI is InChI=1S/C14H20ClNO2/c1-16-8-13(17)12-7-11(15)5-6-14(12)18-9-10-3-2-4-10/h5-7,10,13,16-17H,2-4,8-9H2,1H3.